The van der Waals surface area contributed by atoms with E-state index in [2.05, 4.69) is 21.2 Å². The standard InChI is InChI=1S/C11H13BrN2O3/c12-9-3-8(11(16)17)5-14(9)6-10(15)13-4-7-1-2-7/h3,5,7H,1-2,4,6H2,(H,13,15)(H,16,17). The van der Waals surface area contributed by atoms with Crippen molar-refractivity contribution in [2.24, 2.45) is 5.92 Å². The van der Waals surface area contributed by atoms with Crippen LogP contribution in [0, 0.1) is 5.92 Å². The van der Waals surface area contributed by atoms with E-state index in [1.165, 1.54) is 25.1 Å². The summed E-state index contributed by atoms with van der Waals surface area (Å²) in [4.78, 5) is 22.3. The Morgan fingerprint density at radius 2 is 2.24 bits per heavy atom. The zero-order chi connectivity index (χ0) is 12.4. The molecular formula is C11H13BrN2O3. The van der Waals surface area contributed by atoms with Crippen molar-refractivity contribution in [1.29, 1.82) is 0 Å². The molecule has 0 radical (unpaired) electrons. The average molecular weight is 301 g/mol. The smallest absolute Gasteiger partial charge is 0.337 e. The SMILES string of the molecule is O=C(Cn1cc(C(=O)O)cc1Br)NCC1CC1. The van der Waals surface area contributed by atoms with E-state index in [0.29, 0.717) is 10.5 Å². The van der Waals surface area contributed by atoms with Crippen molar-refractivity contribution in [2.45, 2.75) is 19.4 Å². The Bertz CT molecular complexity index is 452. The topological polar surface area (TPSA) is 71.3 Å². The van der Waals surface area contributed by atoms with Crippen molar-refractivity contribution in [3.8, 4) is 0 Å². The van der Waals surface area contributed by atoms with Crippen LogP contribution >= 0.6 is 15.9 Å². The minimum atomic E-state index is -0.997. The summed E-state index contributed by atoms with van der Waals surface area (Å²) in [5, 5.41) is 11.6. The fraction of sp³-hybridized carbons (Fsp3) is 0.455. The Labute approximate surface area is 107 Å². The molecule has 5 nitrogen and oxygen atoms in total. The zero-order valence-electron chi connectivity index (χ0n) is 9.15. The van der Waals surface area contributed by atoms with E-state index in [1.807, 2.05) is 0 Å². The summed E-state index contributed by atoms with van der Waals surface area (Å²) in [7, 11) is 0. The van der Waals surface area contributed by atoms with E-state index in [4.69, 9.17) is 5.11 Å². The Hall–Kier alpha value is -1.30. The average Bonchev–Trinajstić information content (AvgIpc) is 3.02. The van der Waals surface area contributed by atoms with Crippen LogP contribution in [0.25, 0.3) is 0 Å². The third-order valence-corrected chi connectivity index (χ3v) is 3.37. The molecule has 1 saturated carbocycles. The van der Waals surface area contributed by atoms with Crippen LogP contribution in [0.2, 0.25) is 0 Å². The fourth-order valence-electron chi connectivity index (χ4n) is 1.51. The molecule has 1 aliphatic carbocycles. The van der Waals surface area contributed by atoms with Gasteiger partial charge in [-0.15, -0.1) is 0 Å². The van der Waals surface area contributed by atoms with Gasteiger partial charge in [0.05, 0.1) is 10.2 Å². The van der Waals surface area contributed by atoms with Gasteiger partial charge in [-0.2, -0.15) is 0 Å². The van der Waals surface area contributed by atoms with Gasteiger partial charge in [-0.05, 0) is 40.8 Å². The first kappa shape index (κ1) is 12.2. The molecule has 1 heterocycles. The first-order valence-corrected chi connectivity index (χ1v) is 6.21. The predicted molar refractivity (Wildman–Crippen MR) is 64.8 cm³/mol. The van der Waals surface area contributed by atoms with Crippen molar-refractivity contribution >= 4 is 27.8 Å². The van der Waals surface area contributed by atoms with Gasteiger partial charge in [0.1, 0.15) is 6.54 Å². The maximum Gasteiger partial charge on any atom is 0.337 e. The maximum absolute atomic E-state index is 11.6. The monoisotopic (exact) mass is 300 g/mol. The molecule has 0 atom stereocenters. The molecule has 1 amide bonds. The summed E-state index contributed by atoms with van der Waals surface area (Å²) in [5.74, 6) is -0.449. The lowest BCUT2D eigenvalue weighted by Gasteiger charge is -2.06. The molecule has 0 saturated heterocycles. The highest BCUT2D eigenvalue weighted by molar-refractivity contribution is 9.10. The van der Waals surface area contributed by atoms with Crippen LogP contribution in [0.5, 0.6) is 0 Å². The van der Waals surface area contributed by atoms with Crippen molar-refractivity contribution < 1.29 is 14.7 Å². The van der Waals surface area contributed by atoms with Gasteiger partial charge in [0, 0.05) is 12.7 Å². The summed E-state index contributed by atoms with van der Waals surface area (Å²) < 4.78 is 2.17. The quantitative estimate of drug-likeness (QED) is 0.865. The lowest BCUT2D eigenvalue weighted by atomic mass is 10.3. The number of nitrogens with zero attached hydrogens (tertiary/aromatic N) is 1. The Kier molecular flexibility index (Phi) is 3.51. The second-order valence-electron chi connectivity index (χ2n) is 4.23. The van der Waals surface area contributed by atoms with E-state index in [-0.39, 0.29) is 18.0 Å². The van der Waals surface area contributed by atoms with Crippen molar-refractivity contribution in [3.63, 3.8) is 0 Å². The van der Waals surface area contributed by atoms with Crippen LogP contribution in [0.15, 0.2) is 16.9 Å². The highest BCUT2D eigenvalue weighted by Crippen LogP contribution is 2.27. The van der Waals surface area contributed by atoms with Gasteiger partial charge in [0.2, 0.25) is 5.91 Å². The number of hydrogen-bond acceptors (Lipinski definition) is 2. The van der Waals surface area contributed by atoms with Crippen LogP contribution in [-0.4, -0.2) is 28.1 Å². The Balaban J connectivity index is 1.92. The Morgan fingerprint density at radius 1 is 1.53 bits per heavy atom. The molecular weight excluding hydrogens is 288 g/mol. The molecule has 1 fully saturated rings. The van der Waals surface area contributed by atoms with Gasteiger partial charge >= 0.3 is 5.97 Å². The number of carbonyl (C=O) groups is 2. The van der Waals surface area contributed by atoms with Crippen LogP contribution in [-0.2, 0) is 11.3 Å². The number of nitrogens with one attached hydrogen (secondary N) is 1. The zero-order valence-corrected chi connectivity index (χ0v) is 10.7. The van der Waals surface area contributed by atoms with Crippen molar-refractivity contribution in [3.05, 3.63) is 22.4 Å². The highest BCUT2D eigenvalue weighted by Gasteiger charge is 2.21. The number of rotatable bonds is 5. The number of aromatic carboxylic acids is 1. The molecule has 1 aromatic rings. The largest absolute Gasteiger partial charge is 0.478 e. The molecule has 0 unspecified atom stereocenters. The van der Waals surface area contributed by atoms with Gasteiger partial charge in [0.25, 0.3) is 0 Å². The number of carbonyl (C=O) groups excluding carboxylic acids is 1. The van der Waals surface area contributed by atoms with Crippen LogP contribution < -0.4 is 5.32 Å². The number of hydrogen-bond donors (Lipinski definition) is 2. The molecule has 0 bridgehead atoms. The third kappa shape index (κ3) is 3.33. The molecule has 0 aromatic carbocycles. The lowest BCUT2D eigenvalue weighted by Crippen LogP contribution is -2.29. The summed E-state index contributed by atoms with van der Waals surface area (Å²) in [5.41, 5.74) is 0.173. The van der Waals surface area contributed by atoms with Gasteiger partial charge < -0.3 is 15.0 Å². The molecule has 17 heavy (non-hydrogen) atoms. The first-order chi connectivity index (χ1) is 8.06. The third-order valence-electron chi connectivity index (χ3n) is 2.69. The number of carboxylic acid groups (broad SMARTS) is 1. The molecule has 1 aromatic heterocycles. The van der Waals surface area contributed by atoms with Crippen LogP contribution in [0.1, 0.15) is 23.2 Å². The summed E-state index contributed by atoms with van der Waals surface area (Å²) in [6.45, 7) is 0.865. The molecule has 6 heteroatoms. The molecule has 2 rings (SSSR count). The number of amides is 1. The second kappa shape index (κ2) is 4.91. The minimum absolute atomic E-state index is 0.0925. The maximum atomic E-state index is 11.6. The van der Waals surface area contributed by atoms with E-state index >= 15 is 0 Å². The number of aromatic nitrogens is 1. The Morgan fingerprint density at radius 3 is 2.76 bits per heavy atom. The van der Waals surface area contributed by atoms with E-state index in [1.54, 1.807) is 4.57 Å². The molecule has 1 aliphatic rings. The first-order valence-electron chi connectivity index (χ1n) is 5.42. The fourth-order valence-corrected chi connectivity index (χ4v) is 1.98. The molecule has 0 aliphatic heterocycles. The second-order valence-corrected chi connectivity index (χ2v) is 5.04. The van der Waals surface area contributed by atoms with Gasteiger partial charge in [0.15, 0.2) is 0 Å². The molecule has 92 valence electrons. The van der Waals surface area contributed by atoms with Crippen molar-refractivity contribution in [1.82, 2.24) is 9.88 Å². The van der Waals surface area contributed by atoms with Crippen molar-refractivity contribution in [2.75, 3.05) is 6.54 Å². The van der Waals surface area contributed by atoms with Gasteiger partial charge in [-0.1, -0.05) is 0 Å². The summed E-state index contributed by atoms with van der Waals surface area (Å²) >= 11 is 3.23. The molecule has 2 N–H and O–H groups in total. The number of carboxylic acids is 1. The summed E-state index contributed by atoms with van der Waals surface area (Å²) in [6, 6.07) is 1.48. The minimum Gasteiger partial charge on any atom is -0.478 e. The van der Waals surface area contributed by atoms with Gasteiger partial charge in [-0.25, -0.2) is 4.79 Å². The lowest BCUT2D eigenvalue weighted by molar-refractivity contribution is -0.121. The van der Waals surface area contributed by atoms with E-state index < -0.39 is 5.97 Å². The van der Waals surface area contributed by atoms with Crippen LogP contribution in [0.4, 0.5) is 0 Å². The highest BCUT2D eigenvalue weighted by atomic mass is 79.9. The number of halogens is 1. The van der Waals surface area contributed by atoms with E-state index in [9.17, 15) is 9.59 Å². The predicted octanol–water partition coefficient (Wildman–Crippen LogP) is 1.47. The molecule has 0 spiro atoms. The summed E-state index contributed by atoms with van der Waals surface area (Å²) in [6.07, 6.45) is 3.83. The normalized spacial score (nSPS) is 14.6. The van der Waals surface area contributed by atoms with Gasteiger partial charge in [-0.3, -0.25) is 4.79 Å². The van der Waals surface area contributed by atoms with E-state index in [0.717, 1.165) is 6.54 Å². The van der Waals surface area contributed by atoms with Crippen LogP contribution in [0.3, 0.4) is 0 Å².